The minimum absolute atomic E-state index is 0.332. The molecule has 1 aliphatic rings. The van der Waals surface area contributed by atoms with E-state index in [1.165, 1.54) is 0 Å². The number of carbonyl (C=O) groups excluding carboxylic acids is 2. The van der Waals surface area contributed by atoms with Crippen LogP contribution < -0.4 is 14.8 Å². The number of methoxy groups -OCH3 is 2. The van der Waals surface area contributed by atoms with E-state index in [4.69, 9.17) is 9.47 Å². The average Bonchev–Trinajstić information content (AvgIpc) is 3.41. The standard InChI is InChI=1S/C22H17N3O4/c1-28-16-8-7-12-14(10-24-19(12)20(16)29-2)18-17(21(26)25-22(18)27)13-9-23-15-6-4-3-5-11(13)15/h3-10,23-24H,1-2H3,(H,25,26,27). The third kappa shape index (κ3) is 2.37. The molecule has 0 fully saturated rings. The molecular weight excluding hydrogens is 370 g/mol. The molecule has 5 rings (SSSR count). The van der Waals surface area contributed by atoms with Crippen molar-refractivity contribution in [3.8, 4) is 11.5 Å². The van der Waals surface area contributed by atoms with E-state index < -0.39 is 11.8 Å². The lowest BCUT2D eigenvalue weighted by Crippen LogP contribution is -2.22. The fourth-order valence-corrected chi connectivity index (χ4v) is 3.97. The second-order valence-electron chi connectivity index (χ2n) is 6.71. The third-order valence-corrected chi connectivity index (χ3v) is 5.26. The molecule has 0 saturated heterocycles. The molecule has 1 aliphatic heterocycles. The van der Waals surface area contributed by atoms with Crippen LogP contribution >= 0.6 is 0 Å². The molecule has 4 aromatic rings. The largest absolute Gasteiger partial charge is 0.493 e. The van der Waals surface area contributed by atoms with Gasteiger partial charge in [0.15, 0.2) is 11.5 Å². The van der Waals surface area contributed by atoms with Crippen LogP contribution in [0.2, 0.25) is 0 Å². The molecule has 0 spiro atoms. The quantitative estimate of drug-likeness (QED) is 0.469. The van der Waals surface area contributed by atoms with Gasteiger partial charge in [0.1, 0.15) is 0 Å². The minimum Gasteiger partial charge on any atom is -0.493 e. The third-order valence-electron chi connectivity index (χ3n) is 5.26. The van der Waals surface area contributed by atoms with Gasteiger partial charge in [0.25, 0.3) is 11.8 Å². The first-order valence-electron chi connectivity index (χ1n) is 9.03. The zero-order valence-electron chi connectivity index (χ0n) is 15.8. The maximum atomic E-state index is 12.8. The SMILES string of the molecule is COc1ccc2c(C3=C(c4c[nH]c5ccccc45)C(=O)NC3=O)c[nH]c2c1OC. The number of imide groups is 1. The van der Waals surface area contributed by atoms with Crippen LogP contribution in [0.3, 0.4) is 0 Å². The smallest absolute Gasteiger partial charge is 0.259 e. The highest BCUT2D eigenvalue weighted by atomic mass is 16.5. The van der Waals surface area contributed by atoms with Crippen LogP contribution in [-0.2, 0) is 9.59 Å². The van der Waals surface area contributed by atoms with Gasteiger partial charge in [-0.05, 0) is 18.2 Å². The van der Waals surface area contributed by atoms with E-state index in [2.05, 4.69) is 15.3 Å². The molecule has 0 radical (unpaired) electrons. The number of rotatable bonds is 4. The molecule has 2 aromatic carbocycles. The Morgan fingerprint density at radius 3 is 2.17 bits per heavy atom. The summed E-state index contributed by atoms with van der Waals surface area (Å²) in [6.45, 7) is 0. The van der Waals surface area contributed by atoms with Crippen molar-refractivity contribution in [1.29, 1.82) is 0 Å². The average molecular weight is 387 g/mol. The number of hydrogen-bond donors (Lipinski definition) is 3. The number of amides is 2. The molecular formula is C22H17N3O4. The van der Waals surface area contributed by atoms with Crippen molar-refractivity contribution in [3.05, 3.63) is 59.9 Å². The zero-order chi connectivity index (χ0) is 20.1. The Balaban J connectivity index is 1.81. The van der Waals surface area contributed by atoms with E-state index in [0.717, 1.165) is 16.3 Å². The summed E-state index contributed by atoms with van der Waals surface area (Å²) in [6, 6.07) is 11.3. The van der Waals surface area contributed by atoms with Crippen molar-refractivity contribution < 1.29 is 19.1 Å². The summed E-state index contributed by atoms with van der Waals surface area (Å²) in [5.41, 5.74) is 3.59. The van der Waals surface area contributed by atoms with Crippen molar-refractivity contribution in [2.75, 3.05) is 14.2 Å². The van der Waals surface area contributed by atoms with Gasteiger partial charge in [0.2, 0.25) is 0 Å². The summed E-state index contributed by atoms with van der Waals surface area (Å²) >= 11 is 0. The normalized spacial score (nSPS) is 14.1. The number of carbonyl (C=O) groups is 2. The van der Waals surface area contributed by atoms with E-state index in [1.54, 1.807) is 32.7 Å². The number of nitrogens with one attached hydrogen (secondary N) is 3. The number of fused-ring (bicyclic) bond motifs is 2. The molecule has 144 valence electrons. The second kappa shape index (κ2) is 6.27. The van der Waals surface area contributed by atoms with Gasteiger partial charge in [-0.3, -0.25) is 14.9 Å². The Labute approximate surface area is 165 Å². The van der Waals surface area contributed by atoms with Crippen molar-refractivity contribution in [3.63, 3.8) is 0 Å². The van der Waals surface area contributed by atoms with Gasteiger partial charge >= 0.3 is 0 Å². The minimum atomic E-state index is -0.425. The van der Waals surface area contributed by atoms with Gasteiger partial charge in [-0.2, -0.15) is 0 Å². The predicted octanol–water partition coefficient (Wildman–Crippen LogP) is 3.23. The number of benzene rings is 2. The van der Waals surface area contributed by atoms with Gasteiger partial charge in [0, 0.05) is 39.8 Å². The van der Waals surface area contributed by atoms with E-state index >= 15 is 0 Å². The zero-order valence-corrected chi connectivity index (χ0v) is 15.8. The monoisotopic (exact) mass is 387 g/mol. The number of hydrogen-bond acceptors (Lipinski definition) is 4. The fourth-order valence-electron chi connectivity index (χ4n) is 3.97. The van der Waals surface area contributed by atoms with Gasteiger partial charge < -0.3 is 19.4 Å². The van der Waals surface area contributed by atoms with Gasteiger partial charge in [-0.15, -0.1) is 0 Å². The lowest BCUT2D eigenvalue weighted by atomic mass is 9.95. The number of para-hydroxylation sites is 1. The molecule has 0 atom stereocenters. The van der Waals surface area contributed by atoms with Crippen LogP contribution in [0.5, 0.6) is 11.5 Å². The molecule has 0 unspecified atom stereocenters. The fraction of sp³-hybridized carbons (Fsp3) is 0.0909. The molecule has 2 amide bonds. The molecule has 0 saturated carbocycles. The summed E-state index contributed by atoms with van der Waals surface area (Å²) in [4.78, 5) is 31.8. The van der Waals surface area contributed by atoms with Crippen LogP contribution in [0.25, 0.3) is 33.0 Å². The summed E-state index contributed by atoms with van der Waals surface area (Å²) in [5, 5.41) is 4.08. The van der Waals surface area contributed by atoms with Gasteiger partial charge in [0.05, 0.1) is 30.9 Å². The van der Waals surface area contributed by atoms with Crippen LogP contribution in [-0.4, -0.2) is 36.0 Å². The molecule has 0 aliphatic carbocycles. The molecule has 3 heterocycles. The molecule has 7 nitrogen and oxygen atoms in total. The lowest BCUT2D eigenvalue weighted by molar-refractivity contribution is -0.122. The maximum Gasteiger partial charge on any atom is 0.259 e. The van der Waals surface area contributed by atoms with E-state index in [-0.39, 0.29) is 0 Å². The maximum absolute atomic E-state index is 12.8. The van der Waals surface area contributed by atoms with E-state index in [0.29, 0.717) is 39.3 Å². The topological polar surface area (TPSA) is 96.2 Å². The van der Waals surface area contributed by atoms with Crippen molar-refractivity contribution >= 4 is 44.8 Å². The highest BCUT2D eigenvalue weighted by molar-refractivity contribution is 6.50. The van der Waals surface area contributed by atoms with E-state index in [9.17, 15) is 9.59 Å². The molecule has 0 bridgehead atoms. The summed E-state index contributed by atoms with van der Waals surface area (Å²) in [5.74, 6) is 0.275. The first kappa shape index (κ1) is 17.1. The van der Waals surface area contributed by atoms with Crippen LogP contribution in [0.4, 0.5) is 0 Å². The van der Waals surface area contributed by atoms with Crippen LogP contribution in [0.1, 0.15) is 11.1 Å². The molecule has 2 aromatic heterocycles. The Morgan fingerprint density at radius 1 is 0.759 bits per heavy atom. The van der Waals surface area contributed by atoms with Crippen molar-refractivity contribution in [2.24, 2.45) is 0 Å². The lowest BCUT2D eigenvalue weighted by Gasteiger charge is -2.09. The first-order valence-corrected chi connectivity index (χ1v) is 9.03. The molecule has 3 N–H and O–H groups in total. The number of aromatic amines is 2. The highest BCUT2D eigenvalue weighted by Crippen LogP contribution is 2.41. The van der Waals surface area contributed by atoms with Crippen molar-refractivity contribution in [2.45, 2.75) is 0 Å². The second-order valence-corrected chi connectivity index (χ2v) is 6.71. The Bertz CT molecular complexity index is 1340. The van der Waals surface area contributed by atoms with Gasteiger partial charge in [-0.25, -0.2) is 0 Å². The Hall–Kier alpha value is -4.00. The number of ether oxygens (including phenoxy) is 2. The molecule has 7 heteroatoms. The molecule has 29 heavy (non-hydrogen) atoms. The summed E-state index contributed by atoms with van der Waals surface area (Å²) < 4.78 is 10.8. The van der Waals surface area contributed by atoms with Crippen LogP contribution in [0, 0.1) is 0 Å². The summed E-state index contributed by atoms with van der Waals surface area (Å²) in [6.07, 6.45) is 3.48. The highest BCUT2D eigenvalue weighted by Gasteiger charge is 2.35. The number of H-pyrrole nitrogens is 2. The predicted molar refractivity (Wildman–Crippen MR) is 110 cm³/mol. The Morgan fingerprint density at radius 2 is 1.45 bits per heavy atom. The number of aromatic nitrogens is 2. The first-order chi connectivity index (χ1) is 14.1. The van der Waals surface area contributed by atoms with E-state index in [1.807, 2.05) is 30.3 Å². The van der Waals surface area contributed by atoms with Gasteiger partial charge in [-0.1, -0.05) is 18.2 Å². The van der Waals surface area contributed by atoms with Crippen LogP contribution in [0.15, 0.2) is 48.8 Å². The van der Waals surface area contributed by atoms with Crippen molar-refractivity contribution in [1.82, 2.24) is 15.3 Å². The summed E-state index contributed by atoms with van der Waals surface area (Å²) in [7, 11) is 3.12. The Kier molecular flexibility index (Phi) is 3.70.